The van der Waals surface area contributed by atoms with Crippen LogP contribution in [0.3, 0.4) is 0 Å². The summed E-state index contributed by atoms with van der Waals surface area (Å²) in [6.07, 6.45) is 2.50. The number of phenolic OH excluding ortho intramolecular Hbond substituents is 1. The molecule has 3 amide bonds. The van der Waals surface area contributed by atoms with Crippen LogP contribution in [-0.4, -0.2) is 96.0 Å². The fourth-order valence-electron chi connectivity index (χ4n) is 7.77. The number of benzene rings is 4. The summed E-state index contributed by atoms with van der Waals surface area (Å²) < 4.78 is 6.20. The molecule has 10 heteroatoms. The molecule has 0 aliphatic carbocycles. The van der Waals surface area contributed by atoms with Crippen LogP contribution in [0.1, 0.15) is 65.2 Å². The lowest BCUT2D eigenvalue weighted by Crippen LogP contribution is -2.52. The summed E-state index contributed by atoms with van der Waals surface area (Å²) in [4.78, 5) is 43.4. The molecule has 4 aromatic carbocycles. The topological polar surface area (TPSA) is 114 Å². The quantitative estimate of drug-likeness (QED) is 0.0822. The smallest absolute Gasteiger partial charge is 0.255 e. The first-order valence-electron chi connectivity index (χ1n) is 19.1. The maximum atomic E-state index is 13.0. The van der Waals surface area contributed by atoms with E-state index in [9.17, 15) is 19.5 Å². The van der Waals surface area contributed by atoms with E-state index >= 15 is 0 Å². The molecule has 2 saturated heterocycles. The number of fused-ring (bicyclic) bond motifs is 1. The number of aromatic hydroxyl groups is 1. The normalized spacial score (nSPS) is 18.3. The van der Waals surface area contributed by atoms with Gasteiger partial charge in [-0.15, -0.1) is 0 Å². The van der Waals surface area contributed by atoms with Gasteiger partial charge in [0.05, 0.1) is 0 Å². The molecular weight excluding hydrogens is 679 g/mol. The number of ether oxygens (including phenoxy) is 1. The van der Waals surface area contributed by atoms with Gasteiger partial charge >= 0.3 is 0 Å². The van der Waals surface area contributed by atoms with Crippen molar-refractivity contribution in [2.75, 3.05) is 57.7 Å². The number of rotatable bonds is 14. The van der Waals surface area contributed by atoms with Crippen molar-refractivity contribution in [3.8, 4) is 11.5 Å². The highest BCUT2D eigenvalue weighted by molar-refractivity contribution is 6.05. The molecule has 54 heavy (non-hydrogen) atoms. The van der Waals surface area contributed by atoms with E-state index in [1.807, 2.05) is 36.4 Å². The number of allylic oxidation sites excluding steroid dienone is 1. The van der Waals surface area contributed by atoms with Crippen LogP contribution in [0.4, 0.5) is 5.69 Å². The Morgan fingerprint density at radius 3 is 2.20 bits per heavy atom. The molecule has 3 N–H and O–H groups in total. The first-order valence-corrected chi connectivity index (χ1v) is 19.1. The van der Waals surface area contributed by atoms with Crippen molar-refractivity contribution in [1.29, 1.82) is 0 Å². The summed E-state index contributed by atoms with van der Waals surface area (Å²) >= 11 is 0. The third-order valence-corrected chi connectivity index (χ3v) is 10.7. The molecule has 1 atom stereocenters. The number of amides is 3. The third-order valence-electron chi connectivity index (χ3n) is 10.7. The van der Waals surface area contributed by atoms with Crippen molar-refractivity contribution in [3.63, 3.8) is 0 Å². The van der Waals surface area contributed by atoms with Gasteiger partial charge in [-0.1, -0.05) is 61.5 Å². The highest BCUT2D eigenvalue weighted by atomic mass is 16.5. The maximum Gasteiger partial charge on any atom is 0.255 e. The van der Waals surface area contributed by atoms with Gasteiger partial charge in [0.15, 0.2) is 0 Å². The second kappa shape index (κ2) is 17.1. The first-order chi connectivity index (χ1) is 26.4. The monoisotopic (exact) mass is 727 g/mol. The van der Waals surface area contributed by atoms with Crippen LogP contribution < -0.4 is 15.4 Å². The number of piperazine rings is 1. The minimum absolute atomic E-state index is 0.148. The number of phenols is 1. The highest BCUT2D eigenvalue weighted by Crippen LogP contribution is 2.36. The van der Waals surface area contributed by atoms with Crippen molar-refractivity contribution in [2.45, 2.75) is 45.2 Å². The number of imide groups is 1. The Morgan fingerprint density at radius 2 is 1.52 bits per heavy atom. The van der Waals surface area contributed by atoms with Crippen LogP contribution in [0.15, 0.2) is 97.1 Å². The number of nitrogens with one attached hydrogen (secondary N) is 2. The number of carbonyl (C=O) groups excluding carboxylic acids is 3. The van der Waals surface area contributed by atoms with E-state index < -0.39 is 6.04 Å². The number of carbonyl (C=O) groups is 3. The highest BCUT2D eigenvalue weighted by Gasteiger charge is 2.39. The number of anilines is 1. The van der Waals surface area contributed by atoms with Crippen LogP contribution in [0.5, 0.6) is 11.5 Å². The van der Waals surface area contributed by atoms with Gasteiger partial charge in [0, 0.05) is 63.5 Å². The lowest BCUT2D eigenvalue weighted by molar-refractivity contribution is -0.136. The van der Waals surface area contributed by atoms with Crippen LogP contribution in [0.25, 0.3) is 11.1 Å². The predicted octanol–water partition coefficient (Wildman–Crippen LogP) is 6.02. The number of piperidine rings is 1. The Balaban J connectivity index is 0.835. The second-order valence-electron chi connectivity index (χ2n) is 14.2. The van der Waals surface area contributed by atoms with Crippen molar-refractivity contribution in [1.82, 2.24) is 20.0 Å². The molecule has 0 aromatic heterocycles. The summed E-state index contributed by atoms with van der Waals surface area (Å²) in [5.41, 5.74) is 8.29. The predicted molar refractivity (Wildman–Crippen MR) is 211 cm³/mol. The molecule has 3 aliphatic rings. The Hall–Kier alpha value is -5.45. The molecule has 0 radical (unpaired) electrons. The molecule has 7 rings (SSSR count). The van der Waals surface area contributed by atoms with E-state index in [1.54, 1.807) is 17.0 Å². The molecular formula is C44H49N5O5. The van der Waals surface area contributed by atoms with Gasteiger partial charge in [-0.2, -0.15) is 0 Å². The SMILES string of the molecule is CCC(=C(c1ccc(O)cc1)c1ccc(OCCN2CCN(CCCNc3ccc4c(c3)CN(C3CCC(=O)NC3=O)C4=O)CC2)cc1)c1ccccc1. The van der Waals surface area contributed by atoms with Crippen molar-refractivity contribution >= 4 is 34.6 Å². The fraction of sp³-hybridized carbons (Fsp3) is 0.341. The average Bonchev–Trinajstić information content (AvgIpc) is 3.52. The largest absolute Gasteiger partial charge is 0.508 e. The van der Waals surface area contributed by atoms with E-state index in [4.69, 9.17) is 4.74 Å². The van der Waals surface area contributed by atoms with E-state index in [-0.39, 0.29) is 29.9 Å². The molecule has 1 unspecified atom stereocenters. The number of hydrogen-bond acceptors (Lipinski definition) is 8. The van der Waals surface area contributed by atoms with Gasteiger partial charge in [-0.3, -0.25) is 24.6 Å². The van der Waals surface area contributed by atoms with Crippen molar-refractivity contribution in [2.24, 2.45) is 0 Å². The Labute approximate surface area is 317 Å². The summed E-state index contributed by atoms with van der Waals surface area (Å²) in [5.74, 6) is 0.297. The van der Waals surface area contributed by atoms with Crippen molar-refractivity contribution < 1.29 is 24.2 Å². The maximum absolute atomic E-state index is 13.0. The van der Waals surface area contributed by atoms with E-state index in [2.05, 4.69) is 75.9 Å². The Bertz CT molecular complexity index is 1970. The summed E-state index contributed by atoms with van der Waals surface area (Å²) in [6, 6.07) is 31.5. The van der Waals surface area contributed by atoms with Gasteiger partial charge in [0.1, 0.15) is 24.1 Å². The van der Waals surface area contributed by atoms with E-state index in [0.717, 1.165) is 92.4 Å². The molecule has 3 aliphatic heterocycles. The molecule has 4 aromatic rings. The van der Waals surface area contributed by atoms with Crippen LogP contribution in [-0.2, 0) is 16.1 Å². The minimum atomic E-state index is -0.597. The zero-order chi connectivity index (χ0) is 37.4. The van der Waals surface area contributed by atoms with Crippen LogP contribution in [0, 0.1) is 0 Å². The van der Waals surface area contributed by atoms with Gasteiger partial charge in [-0.25, -0.2) is 0 Å². The van der Waals surface area contributed by atoms with Gasteiger partial charge < -0.3 is 25.0 Å². The number of hydrogen-bond donors (Lipinski definition) is 3. The first kappa shape index (κ1) is 36.9. The second-order valence-corrected chi connectivity index (χ2v) is 14.2. The molecule has 3 heterocycles. The minimum Gasteiger partial charge on any atom is -0.508 e. The summed E-state index contributed by atoms with van der Waals surface area (Å²) in [7, 11) is 0. The van der Waals surface area contributed by atoms with Gasteiger partial charge in [0.2, 0.25) is 11.8 Å². The number of nitrogens with zero attached hydrogens (tertiary/aromatic N) is 3. The lowest BCUT2D eigenvalue weighted by Gasteiger charge is -2.34. The molecule has 280 valence electrons. The summed E-state index contributed by atoms with van der Waals surface area (Å²) in [5, 5.41) is 15.8. The third kappa shape index (κ3) is 8.67. The molecule has 0 spiro atoms. The Kier molecular flexibility index (Phi) is 11.7. The van der Waals surface area contributed by atoms with Crippen LogP contribution in [0.2, 0.25) is 0 Å². The lowest BCUT2D eigenvalue weighted by atomic mass is 9.88. The van der Waals surface area contributed by atoms with E-state index in [1.165, 1.54) is 11.1 Å². The van der Waals surface area contributed by atoms with Crippen LogP contribution >= 0.6 is 0 Å². The Morgan fingerprint density at radius 1 is 0.833 bits per heavy atom. The fourth-order valence-corrected chi connectivity index (χ4v) is 7.77. The van der Waals surface area contributed by atoms with Crippen molar-refractivity contribution in [3.05, 3.63) is 125 Å². The van der Waals surface area contributed by atoms with Gasteiger partial charge in [-0.05, 0) is 102 Å². The molecule has 2 fully saturated rings. The van der Waals surface area contributed by atoms with E-state index in [0.29, 0.717) is 25.1 Å². The zero-order valence-corrected chi connectivity index (χ0v) is 30.9. The average molecular weight is 728 g/mol. The summed E-state index contributed by atoms with van der Waals surface area (Å²) in [6.45, 7) is 10.00. The molecule has 10 nitrogen and oxygen atoms in total. The molecule has 0 saturated carbocycles. The zero-order valence-electron chi connectivity index (χ0n) is 30.9. The van der Waals surface area contributed by atoms with Gasteiger partial charge in [0.25, 0.3) is 5.91 Å². The standard InChI is InChI=1S/C44H49N5O5/c1-2-38(31-7-4-3-5-8-31)42(32-9-14-36(50)15-10-32)33-11-16-37(17-12-33)54-28-27-48-25-23-47(24-26-48)22-6-21-45-35-13-18-39-34(29-35)30-49(44(39)53)40-19-20-41(51)46-43(40)52/h3-5,7-18,29,40,45,50H,2,6,19-28,30H2,1H3,(H,46,51,52). The molecule has 0 bridgehead atoms.